The molecule has 0 amide bonds. The maximum absolute atomic E-state index is 12.9. The maximum atomic E-state index is 12.9. The van der Waals surface area contributed by atoms with Gasteiger partial charge in [-0.2, -0.15) is 0 Å². The summed E-state index contributed by atoms with van der Waals surface area (Å²) in [5.74, 6) is -12.3. The summed E-state index contributed by atoms with van der Waals surface area (Å²) in [6.45, 7) is 0. The number of ether oxygens (including phenoxy) is 3. The molecule has 17 heteroatoms. The van der Waals surface area contributed by atoms with Crippen molar-refractivity contribution in [3.8, 4) is 51.7 Å². The lowest BCUT2D eigenvalue weighted by Crippen LogP contribution is -2.59. The number of phenolic OH excluding ortho intramolecular Hbond substituents is 9. The minimum absolute atomic E-state index is 0.511. The van der Waals surface area contributed by atoms with Crippen LogP contribution in [0.5, 0.6) is 51.7 Å². The third-order valence-electron chi connectivity index (χ3n) is 6.57. The first-order valence-electron chi connectivity index (χ1n) is 12.3. The highest BCUT2D eigenvalue weighted by Gasteiger charge is 2.49. The molecule has 0 unspecified atom stereocenters. The van der Waals surface area contributed by atoms with Crippen molar-refractivity contribution in [3.05, 3.63) is 53.1 Å². The number of aromatic hydroxyl groups is 9. The summed E-state index contributed by atoms with van der Waals surface area (Å²) >= 11 is 0. The molecule has 11 N–H and O–H groups in total. The molecule has 234 valence electrons. The van der Waals surface area contributed by atoms with E-state index in [1.807, 2.05) is 0 Å². The second-order valence-electron chi connectivity index (χ2n) is 9.56. The van der Waals surface area contributed by atoms with Gasteiger partial charge in [-0.25, -0.2) is 14.4 Å². The van der Waals surface area contributed by atoms with Crippen LogP contribution in [-0.4, -0.2) is 105 Å². The Kier molecular flexibility index (Phi) is 8.36. The Bertz CT molecular complexity index is 1560. The molecule has 0 heterocycles. The standard InChI is InChI=1S/C27H24O17/c28-11-1-8(2-12(29)19(11)34)25(39)42-17-7-18(43-26(40)9-3-13(30)20(35)14(31)4-9)24(23(38)22(17)37)44-27(41)10-5-15(32)21(36)16(33)6-10/h1-6,17-18,22-24,28-38H,7H2/t17-,18-,22+,23+,24+/m1/s1. The molecule has 4 rings (SSSR count). The lowest BCUT2D eigenvalue weighted by molar-refractivity contribution is -0.179. The molecular formula is C27H24O17. The first-order valence-corrected chi connectivity index (χ1v) is 12.3. The summed E-state index contributed by atoms with van der Waals surface area (Å²) in [5.41, 5.74) is -1.61. The Morgan fingerprint density at radius 1 is 0.477 bits per heavy atom. The first kappa shape index (κ1) is 31.1. The fraction of sp³-hybridized carbons (Fsp3) is 0.222. The predicted octanol–water partition coefficient (Wildman–Crippen LogP) is 0.139. The van der Waals surface area contributed by atoms with Gasteiger partial charge in [0.1, 0.15) is 24.4 Å². The average molecular weight is 620 g/mol. The number of esters is 3. The minimum Gasteiger partial charge on any atom is -0.504 e. The predicted molar refractivity (Wildman–Crippen MR) is 139 cm³/mol. The highest BCUT2D eigenvalue weighted by molar-refractivity contribution is 5.93. The van der Waals surface area contributed by atoms with Crippen LogP contribution < -0.4 is 0 Å². The van der Waals surface area contributed by atoms with Gasteiger partial charge in [-0.15, -0.1) is 0 Å². The zero-order chi connectivity index (χ0) is 32.6. The topological polar surface area (TPSA) is 301 Å². The lowest BCUT2D eigenvalue weighted by atomic mass is 9.86. The largest absolute Gasteiger partial charge is 0.504 e. The van der Waals surface area contributed by atoms with E-state index in [4.69, 9.17) is 14.2 Å². The van der Waals surface area contributed by atoms with Crippen LogP contribution in [0.15, 0.2) is 36.4 Å². The van der Waals surface area contributed by atoms with E-state index in [-0.39, 0.29) is 0 Å². The molecule has 3 aromatic carbocycles. The number of hydrogen-bond donors (Lipinski definition) is 11. The fourth-order valence-corrected chi connectivity index (χ4v) is 4.28. The molecule has 1 fully saturated rings. The van der Waals surface area contributed by atoms with Crippen molar-refractivity contribution in [2.45, 2.75) is 36.9 Å². The number of aliphatic hydroxyl groups is 2. The van der Waals surface area contributed by atoms with Gasteiger partial charge < -0.3 is 70.4 Å². The van der Waals surface area contributed by atoms with Crippen LogP contribution in [0.3, 0.4) is 0 Å². The van der Waals surface area contributed by atoms with Crippen molar-refractivity contribution < 1.29 is 84.8 Å². The zero-order valence-electron chi connectivity index (χ0n) is 21.9. The van der Waals surface area contributed by atoms with E-state index in [0.717, 1.165) is 12.1 Å². The summed E-state index contributed by atoms with van der Waals surface area (Å²) in [7, 11) is 0. The van der Waals surface area contributed by atoms with Crippen LogP contribution in [0.4, 0.5) is 0 Å². The van der Waals surface area contributed by atoms with E-state index in [0.29, 0.717) is 24.3 Å². The van der Waals surface area contributed by atoms with Crippen molar-refractivity contribution in [3.63, 3.8) is 0 Å². The normalized spacial score (nSPS) is 21.3. The third-order valence-corrected chi connectivity index (χ3v) is 6.57. The number of phenols is 9. The van der Waals surface area contributed by atoms with Gasteiger partial charge in [-0.05, 0) is 36.4 Å². The second-order valence-corrected chi connectivity index (χ2v) is 9.56. The minimum atomic E-state index is -2.16. The molecule has 0 bridgehead atoms. The van der Waals surface area contributed by atoms with Gasteiger partial charge in [0.25, 0.3) is 0 Å². The summed E-state index contributed by atoms with van der Waals surface area (Å²) < 4.78 is 15.7. The van der Waals surface area contributed by atoms with E-state index in [2.05, 4.69) is 0 Å². The van der Waals surface area contributed by atoms with Crippen molar-refractivity contribution in [2.75, 3.05) is 0 Å². The molecule has 0 radical (unpaired) electrons. The van der Waals surface area contributed by atoms with Crippen LogP contribution in [0, 0.1) is 0 Å². The molecule has 44 heavy (non-hydrogen) atoms. The molecular weight excluding hydrogens is 596 g/mol. The number of benzene rings is 3. The van der Waals surface area contributed by atoms with Crippen molar-refractivity contribution in [1.82, 2.24) is 0 Å². The summed E-state index contributed by atoms with van der Waals surface area (Å²) in [4.78, 5) is 38.5. The molecule has 0 spiro atoms. The third kappa shape index (κ3) is 6.03. The molecule has 1 aliphatic carbocycles. The molecule has 0 aromatic heterocycles. The number of carbonyl (C=O) groups excluding carboxylic acids is 3. The van der Waals surface area contributed by atoms with Crippen molar-refractivity contribution in [1.29, 1.82) is 0 Å². The van der Waals surface area contributed by atoms with E-state index in [1.165, 1.54) is 0 Å². The number of aliphatic hydroxyl groups excluding tert-OH is 2. The van der Waals surface area contributed by atoms with Crippen LogP contribution in [-0.2, 0) is 14.2 Å². The van der Waals surface area contributed by atoms with Gasteiger partial charge in [-0.1, -0.05) is 0 Å². The van der Waals surface area contributed by atoms with Gasteiger partial charge in [0.2, 0.25) is 0 Å². The quantitative estimate of drug-likeness (QED) is 0.0991. The van der Waals surface area contributed by atoms with E-state index >= 15 is 0 Å². The highest BCUT2D eigenvalue weighted by Crippen LogP contribution is 2.39. The first-order chi connectivity index (χ1) is 20.6. The Hall–Kier alpha value is -5.81. The molecule has 5 atom stereocenters. The number of hydrogen-bond acceptors (Lipinski definition) is 17. The van der Waals surface area contributed by atoms with Crippen molar-refractivity contribution >= 4 is 17.9 Å². The molecule has 1 aliphatic rings. The van der Waals surface area contributed by atoms with Gasteiger partial charge in [0.15, 0.2) is 57.8 Å². The SMILES string of the molecule is O=C(O[C@@H]1[C@@H](O)[C@@H](O)[C@H](OC(=O)c2cc(O)c(O)c(O)c2)C[C@H]1OC(=O)c1cc(O)c(O)c(O)c1)c1cc(O)c(O)c(O)c1. The summed E-state index contributed by atoms with van der Waals surface area (Å²) in [5, 5.41) is 109. The fourth-order valence-electron chi connectivity index (χ4n) is 4.28. The Morgan fingerprint density at radius 3 is 1.11 bits per heavy atom. The van der Waals surface area contributed by atoms with Crippen molar-refractivity contribution in [2.24, 2.45) is 0 Å². The average Bonchev–Trinajstić information content (AvgIpc) is 2.96. The van der Waals surface area contributed by atoms with Gasteiger partial charge >= 0.3 is 17.9 Å². The molecule has 0 aliphatic heterocycles. The summed E-state index contributed by atoms with van der Waals surface area (Å²) in [6.07, 6.45) is -10.3. The lowest BCUT2D eigenvalue weighted by Gasteiger charge is -2.41. The molecule has 0 saturated heterocycles. The number of carbonyl (C=O) groups is 3. The van der Waals surface area contributed by atoms with E-state index in [9.17, 15) is 70.6 Å². The molecule has 17 nitrogen and oxygen atoms in total. The van der Waals surface area contributed by atoms with Crippen LogP contribution in [0.2, 0.25) is 0 Å². The highest BCUT2D eigenvalue weighted by atomic mass is 16.6. The van der Waals surface area contributed by atoms with Gasteiger partial charge in [0.05, 0.1) is 16.7 Å². The monoisotopic (exact) mass is 620 g/mol. The zero-order valence-corrected chi connectivity index (χ0v) is 21.9. The second kappa shape index (κ2) is 11.8. The van der Waals surface area contributed by atoms with E-state index < -0.39 is 123 Å². The smallest absolute Gasteiger partial charge is 0.338 e. The van der Waals surface area contributed by atoms with Gasteiger partial charge in [-0.3, -0.25) is 0 Å². The van der Waals surface area contributed by atoms with Crippen LogP contribution in [0.1, 0.15) is 37.5 Å². The Morgan fingerprint density at radius 2 is 0.773 bits per heavy atom. The van der Waals surface area contributed by atoms with Crippen LogP contribution >= 0.6 is 0 Å². The maximum Gasteiger partial charge on any atom is 0.338 e. The molecule has 3 aromatic rings. The van der Waals surface area contributed by atoms with Gasteiger partial charge in [0, 0.05) is 6.42 Å². The van der Waals surface area contributed by atoms with Crippen LogP contribution in [0.25, 0.3) is 0 Å². The molecule has 1 saturated carbocycles. The summed E-state index contributed by atoms with van der Waals surface area (Å²) in [6, 6.07) is 4.23. The Balaban J connectivity index is 1.64. The van der Waals surface area contributed by atoms with E-state index in [1.54, 1.807) is 0 Å². The Labute approximate surface area is 244 Å². The number of rotatable bonds is 6.